The van der Waals surface area contributed by atoms with E-state index in [0.717, 1.165) is 40.7 Å². The number of nitrogens with zero attached hydrogens (tertiary/aromatic N) is 2. The van der Waals surface area contributed by atoms with Gasteiger partial charge >= 0.3 is 0 Å². The fraction of sp³-hybridized carbons (Fsp3) is 0.273. The molecular formula is C33H32N4O4. The fourth-order valence-electron chi connectivity index (χ4n) is 5.07. The number of fused-ring (bicyclic) bond motifs is 1. The molecule has 0 atom stereocenters. The first-order chi connectivity index (χ1) is 19.7. The van der Waals surface area contributed by atoms with Gasteiger partial charge in [-0.15, -0.1) is 0 Å². The van der Waals surface area contributed by atoms with E-state index in [2.05, 4.69) is 20.8 Å². The van der Waals surface area contributed by atoms with Crippen LogP contribution in [-0.2, 0) is 5.54 Å². The van der Waals surface area contributed by atoms with Crippen LogP contribution in [0.3, 0.4) is 0 Å². The molecule has 6 rings (SSSR count). The summed E-state index contributed by atoms with van der Waals surface area (Å²) < 4.78 is 11.7. The van der Waals surface area contributed by atoms with Gasteiger partial charge in [-0.25, -0.2) is 0 Å². The summed E-state index contributed by atoms with van der Waals surface area (Å²) in [4.78, 5) is 31.0. The lowest BCUT2D eigenvalue weighted by molar-refractivity contribution is 0.0919. The van der Waals surface area contributed by atoms with Gasteiger partial charge in [-0.3, -0.25) is 9.59 Å². The van der Waals surface area contributed by atoms with Crippen LogP contribution >= 0.6 is 0 Å². The van der Waals surface area contributed by atoms with Crippen molar-refractivity contribution in [2.45, 2.75) is 52.0 Å². The Hall–Kier alpha value is -4.72. The normalized spacial score (nSPS) is 13.9. The van der Waals surface area contributed by atoms with E-state index < -0.39 is 5.54 Å². The molecule has 2 amide bonds. The Morgan fingerprint density at radius 2 is 1.66 bits per heavy atom. The molecule has 2 heterocycles. The monoisotopic (exact) mass is 548 g/mol. The molecule has 0 bridgehead atoms. The van der Waals surface area contributed by atoms with Gasteiger partial charge in [0.05, 0.1) is 5.56 Å². The van der Waals surface area contributed by atoms with Crippen molar-refractivity contribution in [3.8, 4) is 22.5 Å². The van der Waals surface area contributed by atoms with E-state index in [4.69, 9.17) is 8.94 Å². The highest BCUT2D eigenvalue weighted by Crippen LogP contribution is 2.45. The van der Waals surface area contributed by atoms with Gasteiger partial charge in [0.25, 0.3) is 17.7 Å². The molecule has 8 heteroatoms. The lowest BCUT2D eigenvalue weighted by Crippen LogP contribution is -2.35. The minimum Gasteiger partial charge on any atom is -0.455 e. The van der Waals surface area contributed by atoms with Crippen molar-refractivity contribution in [1.82, 2.24) is 20.8 Å². The average Bonchev–Trinajstić information content (AvgIpc) is 3.39. The molecule has 0 spiro atoms. The summed E-state index contributed by atoms with van der Waals surface area (Å²) in [5.41, 5.74) is 5.74. The van der Waals surface area contributed by atoms with Crippen LogP contribution in [-0.4, -0.2) is 29.0 Å². The molecule has 1 aliphatic rings. The smallest absolute Gasteiger partial charge is 0.255 e. The van der Waals surface area contributed by atoms with Crippen molar-refractivity contribution in [2.24, 2.45) is 0 Å². The number of carbonyl (C=O) groups is 2. The number of rotatable bonds is 7. The van der Waals surface area contributed by atoms with Crippen molar-refractivity contribution in [2.75, 3.05) is 7.05 Å². The van der Waals surface area contributed by atoms with E-state index in [1.54, 1.807) is 7.05 Å². The van der Waals surface area contributed by atoms with Crippen LogP contribution in [0.15, 0.2) is 69.6 Å². The molecular weight excluding hydrogens is 516 g/mol. The van der Waals surface area contributed by atoms with Gasteiger partial charge in [0.1, 0.15) is 16.9 Å². The summed E-state index contributed by atoms with van der Waals surface area (Å²) in [6.07, 6.45) is 1.50. The van der Waals surface area contributed by atoms with Crippen LogP contribution in [0.5, 0.6) is 0 Å². The summed E-state index contributed by atoms with van der Waals surface area (Å²) >= 11 is 0. The Kier molecular flexibility index (Phi) is 6.49. The quantitative estimate of drug-likeness (QED) is 0.235. The van der Waals surface area contributed by atoms with E-state index in [1.165, 1.54) is 0 Å². The van der Waals surface area contributed by atoms with Crippen LogP contribution in [0.2, 0.25) is 0 Å². The molecule has 0 unspecified atom stereocenters. The number of furan rings is 1. The minimum absolute atomic E-state index is 0.142. The van der Waals surface area contributed by atoms with Crippen molar-refractivity contribution >= 4 is 22.8 Å². The van der Waals surface area contributed by atoms with Gasteiger partial charge in [0, 0.05) is 29.5 Å². The SMILES string of the molecule is CNC(=O)c1c(-c2ccc(C)cc2)oc2ccc(-c3cc(C(=O)NC4(c5nc(C(C)C)no5)CC4)ccc3C)cc12. The Balaban J connectivity index is 1.36. The molecule has 2 aromatic heterocycles. The third-order valence-corrected chi connectivity index (χ3v) is 7.74. The number of aryl methyl sites for hydroxylation is 2. The summed E-state index contributed by atoms with van der Waals surface area (Å²) in [5, 5.41) is 10.7. The van der Waals surface area contributed by atoms with E-state index in [9.17, 15) is 9.59 Å². The summed E-state index contributed by atoms with van der Waals surface area (Å²) in [7, 11) is 1.61. The standard InChI is InChI=1S/C33H32N4O4/c1-18(2)29-35-32(41-37-29)33(14-15-33)36-30(38)23-11-8-20(4)24(17-23)22-12-13-26-25(16-22)27(31(39)34-5)28(40-26)21-9-6-19(3)7-10-21/h6-13,16-18H,14-15H2,1-5H3,(H,34,39)(H,36,38). The zero-order valence-corrected chi connectivity index (χ0v) is 23.8. The predicted molar refractivity (Wildman–Crippen MR) is 157 cm³/mol. The molecule has 41 heavy (non-hydrogen) atoms. The van der Waals surface area contributed by atoms with Crippen molar-refractivity contribution in [1.29, 1.82) is 0 Å². The second kappa shape index (κ2) is 10.0. The highest BCUT2D eigenvalue weighted by Gasteiger charge is 2.51. The van der Waals surface area contributed by atoms with Gasteiger partial charge in [0.15, 0.2) is 5.82 Å². The molecule has 3 aromatic carbocycles. The molecule has 1 fully saturated rings. The van der Waals surface area contributed by atoms with Crippen LogP contribution in [0.1, 0.15) is 76.2 Å². The van der Waals surface area contributed by atoms with Crippen molar-refractivity contribution < 1.29 is 18.5 Å². The maximum Gasteiger partial charge on any atom is 0.255 e. The van der Waals surface area contributed by atoms with Crippen LogP contribution in [0.25, 0.3) is 33.4 Å². The second-order valence-corrected chi connectivity index (χ2v) is 11.1. The van der Waals surface area contributed by atoms with Gasteiger partial charge in [0.2, 0.25) is 0 Å². The first kappa shape index (κ1) is 26.5. The van der Waals surface area contributed by atoms with Crippen molar-refractivity contribution in [3.05, 3.63) is 94.6 Å². The molecule has 1 saturated carbocycles. The highest BCUT2D eigenvalue weighted by molar-refractivity contribution is 6.12. The maximum absolute atomic E-state index is 13.4. The predicted octanol–water partition coefficient (Wildman–Crippen LogP) is 6.67. The summed E-state index contributed by atoms with van der Waals surface area (Å²) in [6, 6.07) is 19.3. The molecule has 208 valence electrons. The van der Waals surface area contributed by atoms with E-state index in [-0.39, 0.29) is 17.7 Å². The lowest BCUT2D eigenvalue weighted by atomic mass is 9.95. The van der Waals surface area contributed by atoms with Gasteiger partial charge < -0.3 is 19.6 Å². The van der Waals surface area contributed by atoms with Crippen molar-refractivity contribution in [3.63, 3.8) is 0 Å². The molecule has 1 aliphatic carbocycles. The molecule has 8 nitrogen and oxygen atoms in total. The number of amides is 2. The number of hydrogen-bond acceptors (Lipinski definition) is 6. The third kappa shape index (κ3) is 4.79. The minimum atomic E-state index is -0.618. The van der Waals surface area contributed by atoms with Crippen LogP contribution < -0.4 is 10.6 Å². The zero-order chi connectivity index (χ0) is 28.9. The number of hydrogen-bond donors (Lipinski definition) is 2. The van der Waals surface area contributed by atoms with Crippen LogP contribution in [0, 0.1) is 13.8 Å². The topological polar surface area (TPSA) is 110 Å². The summed E-state index contributed by atoms with van der Waals surface area (Å²) in [6.45, 7) is 8.02. The Labute approximate surface area is 238 Å². The Bertz CT molecular complexity index is 1790. The first-order valence-corrected chi connectivity index (χ1v) is 13.8. The number of benzene rings is 3. The Morgan fingerprint density at radius 1 is 0.927 bits per heavy atom. The molecule has 5 aromatic rings. The first-order valence-electron chi connectivity index (χ1n) is 13.8. The zero-order valence-electron chi connectivity index (χ0n) is 23.8. The van der Waals surface area contributed by atoms with Gasteiger partial charge in [-0.1, -0.05) is 61.0 Å². The molecule has 0 aliphatic heterocycles. The van der Waals surface area contributed by atoms with Crippen LogP contribution in [0.4, 0.5) is 0 Å². The van der Waals surface area contributed by atoms with E-state index >= 15 is 0 Å². The second-order valence-electron chi connectivity index (χ2n) is 11.1. The number of nitrogens with one attached hydrogen (secondary N) is 2. The highest BCUT2D eigenvalue weighted by atomic mass is 16.5. The third-order valence-electron chi connectivity index (χ3n) is 7.74. The average molecular weight is 549 g/mol. The molecule has 0 radical (unpaired) electrons. The fourth-order valence-corrected chi connectivity index (χ4v) is 5.07. The number of carbonyl (C=O) groups excluding carboxylic acids is 2. The Morgan fingerprint density at radius 3 is 2.32 bits per heavy atom. The summed E-state index contributed by atoms with van der Waals surface area (Å²) in [5.74, 6) is 1.33. The molecule has 2 N–H and O–H groups in total. The van der Waals surface area contributed by atoms with E-state index in [0.29, 0.717) is 39.6 Å². The largest absolute Gasteiger partial charge is 0.455 e. The van der Waals surface area contributed by atoms with Gasteiger partial charge in [-0.2, -0.15) is 4.98 Å². The van der Waals surface area contributed by atoms with Gasteiger partial charge in [-0.05, 0) is 67.6 Å². The maximum atomic E-state index is 13.4. The van der Waals surface area contributed by atoms with E-state index in [1.807, 2.05) is 88.4 Å². The number of aromatic nitrogens is 2. The lowest BCUT2D eigenvalue weighted by Gasteiger charge is -2.15. The molecule has 0 saturated heterocycles.